The van der Waals surface area contributed by atoms with Crippen LogP contribution in [0.25, 0.3) is 10.9 Å². The molecule has 14 heavy (non-hydrogen) atoms. The lowest BCUT2D eigenvalue weighted by atomic mass is 10.2. The van der Waals surface area contributed by atoms with Crippen molar-refractivity contribution in [1.29, 1.82) is 0 Å². The molecular weight excluding hydrogens is 180 g/mol. The van der Waals surface area contributed by atoms with Gasteiger partial charge in [0.15, 0.2) is 0 Å². The monoisotopic (exact) mass is 190 g/mol. The number of nitrogens with zero attached hydrogens (tertiary/aromatic N) is 1. The van der Waals surface area contributed by atoms with Gasteiger partial charge in [-0.15, -0.1) is 0 Å². The molecule has 0 radical (unpaired) electrons. The second-order valence-corrected chi connectivity index (χ2v) is 2.96. The van der Waals surface area contributed by atoms with Crippen molar-refractivity contribution in [3.05, 3.63) is 24.3 Å². The van der Waals surface area contributed by atoms with Crippen LogP contribution in [0.1, 0.15) is 0 Å². The Hall–Kier alpha value is -1.97. The average molecular weight is 190 g/mol. The summed E-state index contributed by atoms with van der Waals surface area (Å²) >= 11 is 0. The maximum absolute atomic E-state index is 9.18. The van der Waals surface area contributed by atoms with Gasteiger partial charge in [-0.3, -0.25) is 0 Å². The SMILES string of the molecule is COc1cc(N)c2nc(O)ccc2c1. The van der Waals surface area contributed by atoms with Gasteiger partial charge in [-0.2, -0.15) is 0 Å². The average Bonchev–Trinajstić information content (AvgIpc) is 2.19. The highest BCUT2D eigenvalue weighted by Gasteiger charge is 2.03. The molecule has 72 valence electrons. The minimum atomic E-state index is -0.0330. The third-order valence-electron chi connectivity index (χ3n) is 2.02. The lowest BCUT2D eigenvalue weighted by Crippen LogP contribution is -1.92. The van der Waals surface area contributed by atoms with Crippen molar-refractivity contribution in [1.82, 2.24) is 4.98 Å². The fourth-order valence-electron chi connectivity index (χ4n) is 1.34. The van der Waals surface area contributed by atoms with Crippen molar-refractivity contribution >= 4 is 16.6 Å². The highest BCUT2D eigenvalue weighted by molar-refractivity contribution is 5.91. The third kappa shape index (κ3) is 1.31. The van der Waals surface area contributed by atoms with Gasteiger partial charge < -0.3 is 15.6 Å². The lowest BCUT2D eigenvalue weighted by Gasteiger charge is -2.05. The van der Waals surface area contributed by atoms with Crippen LogP contribution < -0.4 is 10.5 Å². The standard InChI is InChI=1S/C10H10N2O2/c1-14-7-4-6-2-3-9(13)12-10(6)8(11)5-7/h2-5H,11H2,1H3,(H,12,13). The Morgan fingerprint density at radius 1 is 1.36 bits per heavy atom. The molecule has 0 fully saturated rings. The quantitative estimate of drug-likeness (QED) is 0.669. The minimum Gasteiger partial charge on any atom is -0.497 e. The van der Waals surface area contributed by atoms with Crippen molar-refractivity contribution in [2.45, 2.75) is 0 Å². The molecule has 0 aliphatic carbocycles. The molecular formula is C10H10N2O2. The molecule has 2 rings (SSSR count). The normalized spacial score (nSPS) is 10.4. The van der Waals surface area contributed by atoms with Gasteiger partial charge in [0.2, 0.25) is 5.88 Å². The Bertz CT molecular complexity index is 483. The maximum atomic E-state index is 9.18. The van der Waals surface area contributed by atoms with E-state index >= 15 is 0 Å². The van der Waals surface area contributed by atoms with Crippen LogP contribution in [0.2, 0.25) is 0 Å². The zero-order valence-electron chi connectivity index (χ0n) is 7.69. The van der Waals surface area contributed by atoms with Gasteiger partial charge in [-0.25, -0.2) is 4.98 Å². The zero-order valence-corrected chi connectivity index (χ0v) is 7.69. The molecule has 0 aliphatic heterocycles. The number of hydrogen-bond acceptors (Lipinski definition) is 4. The van der Waals surface area contributed by atoms with Gasteiger partial charge in [0.25, 0.3) is 0 Å². The van der Waals surface area contributed by atoms with E-state index in [1.54, 1.807) is 19.2 Å². The Morgan fingerprint density at radius 2 is 2.14 bits per heavy atom. The summed E-state index contributed by atoms with van der Waals surface area (Å²) in [6.45, 7) is 0. The molecule has 1 aromatic carbocycles. The molecule has 3 N–H and O–H groups in total. The number of pyridine rings is 1. The van der Waals surface area contributed by atoms with Gasteiger partial charge in [-0.1, -0.05) is 0 Å². The van der Waals surface area contributed by atoms with E-state index in [0.717, 1.165) is 5.39 Å². The highest BCUT2D eigenvalue weighted by atomic mass is 16.5. The topological polar surface area (TPSA) is 68.4 Å². The summed E-state index contributed by atoms with van der Waals surface area (Å²) in [5, 5.41) is 10.0. The number of nitrogens with two attached hydrogens (primary N) is 1. The van der Waals surface area contributed by atoms with Crippen LogP contribution in [0.3, 0.4) is 0 Å². The molecule has 4 heteroatoms. The van der Waals surface area contributed by atoms with Crippen LogP contribution in [-0.2, 0) is 0 Å². The van der Waals surface area contributed by atoms with Crippen LogP contribution in [-0.4, -0.2) is 17.2 Å². The van der Waals surface area contributed by atoms with Crippen molar-refractivity contribution in [2.75, 3.05) is 12.8 Å². The number of rotatable bonds is 1. The van der Waals surface area contributed by atoms with Crippen LogP contribution in [0.15, 0.2) is 24.3 Å². The second kappa shape index (κ2) is 3.06. The van der Waals surface area contributed by atoms with Crippen molar-refractivity contribution in [3.63, 3.8) is 0 Å². The first-order valence-corrected chi connectivity index (χ1v) is 4.14. The van der Waals surface area contributed by atoms with E-state index in [1.165, 1.54) is 6.07 Å². The first-order chi connectivity index (χ1) is 6.70. The number of aromatic nitrogens is 1. The van der Waals surface area contributed by atoms with Gasteiger partial charge in [0.1, 0.15) is 5.75 Å². The molecule has 0 saturated heterocycles. The smallest absolute Gasteiger partial charge is 0.211 e. The number of fused-ring (bicyclic) bond motifs is 1. The van der Waals surface area contributed by atoms with Crippen molar-refractivity contribution in [3.8, 4) is 11.6 Å². The number of benzene rings is 1. The predicted octanol–water partition coefficient (Wildman–Crippen LogP) is 1.53. The van der Waals surface area contributed by atoms with E-state index in [4.69, 9.17) is 10.5 Å². The lowest BCUT2D eigenvalue weighted by molar-refractivity contribution is 0.415. The molecule has 0 amide bonds. The molecule has 0 unspecified atom stereocenters. The first kappa shape index (κ1) is 8.62. The van der Waals surface area contributed by atoms with Gasteiger partial charge >= 0.3 is 0 Å². The number of methoxy groups -OCH3 is 1. The summed E-state index contributed by atoms with van der Waals surface area (Å²) in [6.07, 6.45) is 0. The highest BCUT2D eigenvalue weighted by Crippen LogP contribution is 2.26. The molecule has 0 atom stereocenters. The molecule has 2 aromatic rings. The zero-order chi connectivity index (χ0) is 10.1. The molecule has 0 bridgehead atoms. The maximum Gasteiger partial charge on any atom is 0.211 e. The predicted molar refractivity (Wildman–Crippen MR) is 54.4 cm³/mol. The summed E-state index contributed by atoms with van der Waals surface area (Å²) < 4.78 is 5.06. The number of anilines is 1. The van der Waals surface area contributed by atoms with Gasteiger partial charge in [0.05, 0.1) is 18.3 Å². The van der Waals surface area contributed by atoms with E-state index in [1.807, 2.05) is 6.07 Å². The van der Waals surface area contributed by atoms with E-state index < -0.39 is 0 Å². The largest absolute Gasteiger partial charge is 0.497 e. The van der Waals surface area contributed by atoms with Gasteiger partial charge in [0, 0.05) is 17.5 Å². The summed E-state index contributed by atoms with van der Waals surface area (Å²) in [5.74, 6) is 0.650. The molecule has 0 spiro atoms. The summed E-state index contributed by atoms with van der Waals surface area (Å²) in [5.41, 5.74) is 6.83. The van der Waals surface area contributed by atoms with Crippen molar-refractivity contribution < 1.29 is 9.84 Å². The Labute approximate surface area is 80.9 Å². The fourth-order valence-corrected chi connectivity index (χ4v) is 1.34. The number of hydrogen-bond donors (Lipinski definition) is 2. The molecule has 0 aliphatic rings. The Balaban J connectivity index is 2.76. The summed E-state index contributed by atoms with van der Waals surface area (Å²) in [4.78, 5) is 3.93. The van der Waals surface area contributed by atoms with Crippen LogP contribution in [0.4, 0.5) is 5.69 Å². The second-order valence-electron chi connectivity index (χ2n) is 2.96. The van der Waals surface area contributed by atoms with E-state index in [0.29, 0.717) is 17.0 Å². The third-order valence-corrected chi connectivity index (χ3v) is 2.02. The Morgan fingerprint density at radius 3 is 2.86 bits per heavy atom. The first-order valence-electron chi connectivity index (χ1n) is 4.14. The molecule has 1 heterocycles. The number of ether oxygens (including phenoxy) is 1. The van der Waals surface area contributed by atoms with Crippen LogP contribution in [0, 0.1) is 0 Å². The van der Waals surface area contributed by atoms with Crippen molar-refractivity contribution in [2.24, 2.45) is 0 Å². The molecule has 0 saturated carbocycles. The van der Waals surface area contributed by atoms with Gasteiger partial charge in [-0.05, 0) is 12.1 Å². The number of nitrogen functional groups attached to an aromatic ring is 1. The minimum absolute atomic E-state index is 0.0330. The van der Waals surface area contributed by atoms with Crippen LogP contribution in [0.5, 0.6) is 11.6 Å². The molecule has 4 nitrogen and oxygen atoms in total. The van der Waals surface area contributed by atoms with E-state index in [9.17, 15) is 5.11 Å². The van der Waals surface area contributed by atoms with E-state index in [2.05, 4.69) is 4.98 Å². The number of aromatic hydroxyl groups is 1. The fraction of sp³-hybridized carbons (Fsp3) is 0.100. The summed E-state index contributed by atoms with van der Waals surface area (Å²) in [6, 6.07) is 6.75. The molecule has 1 aromatic heterocycles. The van der Waals surface area contributed by atoms with E-state index in [-0.39, 0.29) is 5.88 Å². The summed E-state index contributed by atoms with van der Waals surface area (Å²) in [7, 11) is 1.58. The van der Waals surface area contributed by atoms with Crippen LogP contribution >= 0.6 is 0 Å². The Kier molecular flexibility index (Phi) is 1.89.